The zero-order valence-electron chi connectivity index (χ0n) is 12.4. The predicted molar refractivity (Wildman–Crippen MR) is 85.8 cm³/mol. The fourth-order valence-electron chi connectivity index (χ4n) is 3.85. The predicted octanol–water partition coefficient (Wildman–Crippen LogP) is 4.45. The van der Waals surface area contributed by atoms with E-state index in [4.69, 9.17) is 4.74 Å². The van der Waals surface area contributed by atoms with Crippen LogP contribution in [0.3, 0.4) is 0 Å². The lowest BCUT2D eigenvalue weighted by Crippen LogP contribution is -2.67. The van der Waals surface area contributed by atoms with Crippen molar-refractivity contribution < 1.29 is 4.74 Å². The Balaban J connectivity index is 1.64. The molecule has 3 atom stereocenters. The van der Waals surface area contributed by atoms with E-state index in [-0.39, 0.29) is 0 Å². The average Bonchev–Trinajstić information content (AvgIpc) is 2.35. The van der Waals surface area contributed by atoms with Crippen LogP contribution in [0.2, 0.25) is 0 Å². The van der Waals surface area contributed by atoms with Gasteiger partial charge in [-0.1, -0.05) is 34.5 Å². The minimum Gasteiger partial charge on any atom is -0.378 e. The van der Waals surface area contributed by atoms with Crippen LogP contribution in [-0.4, -0.2) is 18.8 Å². The van der Waals surface area contributed by atoms with Crippen molar-refractivity contribution in [2.24, 2.45) is 5.41 Å². The molecular formula is C17H24BrNO. The third-order valence-corrected chi connectivity index (χ3v) is 5.73. The highest BCUT2D eigenvalue weighted by molar-refractivity contribution is 9.10. The Morgan fingerprint density at radius 2 is 2.25 bits per heavy atom. The van der Waals surface area contributed by atoms with Crippen molar-refractivity contribution in [3.05, 3.63) is 34.3 Å². The van der Waals surface area contributed by atoms with Crippen molar-refractivity contribution in [3.8, 4) is 0 Å². The molecule has 2 saturated carbocycles. The molecule has 2 nitrogen and oxygen atoms in total. The van der Waals surface area contributed by atoms with E-state index < -0.39 is 0 Å². The fraction of sp³-hybridized carbons (Fsp3) is 0.647. The van der Waals surface area contributed by atoms with E-state index in [2.05, 4.69) is 59.4 Å². The van der Waals surface area contributed by atoms with E-state index in [9.17, 15) is 0 Å². The fourth-order valence-corrected chi connectivity index (χ4v) is 4.26. The second kappa shape index (κ2) is 5.78. The monoisotopic (exact) mass is 337 g/mol. The molecular weight excluding hydrogens is 314 g/mol. The number of rotatable bonds is 5. The molecule has 3 rings (SSSR count). The molecule has 2 fully saturated rings. The topological polar surface area (TPSA) is 21.3 Å². The molecule has 0 heterocycles. The quantitative estimate of drug-likeness (QED) is 0.857. The molecule has 1 aromatic carbocycles. The van der Waals surface area contributed by atoms with Crippen LogP contribution in [-0.2, 0) is 4.74 Å². The Morgan fingerprint density at radius 3 is 2.85 bits per heavy atom. The van der Waals surface area contributed by atoms with Gasteiger partial charge in [0, 0.05) is 28.6 Å². The third kappa shape index (κ3) is 2.44. The molecule has 20 heavy (non-hydrogen) atoms. The van der Waals surface area contributed by atoms with E-state index in [1.807, 2.05) is 0 Å². The molecule has 3 heteroatoms. The Morgan fingerprint density at radius 1 is 1.45 bits per heavy atom. The second-order valence-corrected chi connectivity index (χ2v) is 7.18. The van der Waals surface area contributed by atoms with Gasteiger partial charge in [0.1, 0.15) is 0 Å². The summed E-state index contributed by atoms with van der Waals surface area (Å²) in [6.45, 7) is 5.22. The standard InChI is InChI=1S/C17H24BrNO/c1-3-20-16-11-15(17(16)8-5-9-17)19-12(2)13-6-4-7-14(18)10-13/h4,6-7,10,12,15-16,19H,3,5,8-9,11H2,1-2H3/t12-,15?,16?/m0/s1. The van der Waals surface area contributed by atoms with Crippen molar-refractivity contribution in [3.63, 3.8) is 0 Å². The van der Waals surface area contributed by atoms with Crippen LogP contribution in [0.4, 0.5) is 0 Å². The maximum absolute atomic E-state index is 5.92. The van der Waals surface area contributed by atoms with Gasteiger partial charge in [0.25, 0.3) is 0 Å². The largest absolute Gasteiger partial charge is 0.378 e. The SMILES string of the molecule is CCOC1CC(N[C@@H](C)c2cccc(Br)c2)C12CCC2. The summed E-state index contributed by atoms with van der Waals surface area (Å²) >= 11 is 3.56. The molecule has 1 N–H and O–H groups in total. The Hall–Kier alpha value is -0.380. The molecule has 0 amide bonds. The number of halogens is 1. The maximum Gasteiger partial charge on any atom is 0.0661 e. The van der Waals surface area contributed by atoms with Crippen molar-refractivity contribution in [2.45, 2.75) is 57.7 Å². The minimum atomic E-state index is 0.401. The Kier molecular flexibility index (Phi) is 4.21. The summed E-state index contributed by atoms with van der Waals surface area (Å²) < 4.78 is 7.08. The van der Waals surface area contributed by atoms with Gasteiger partial charge in [0.15, 0.2) is 0 Å². The molecule has 1 spiro atoms. The van der Waals surface area contributed by atoms with Gasteiger partial charge in [-0.15, -0.1) is 0 Å². The van der Waals surface area contributed by atoms with Crippen molar-refractivity contribution in [1.82, 2.24) is 5.32 Å². The van der Waals surface area contributed by atoms with Gasteiger partial charge in [-0.05, 0) is 50.8 Å². The Labute approximate surface area is 130 Å². The van der Waals surface area contributed by atoms with Crippen LogP contribution in [0, 0.1) is 5.41 Å². The third-order valence-electron chi connectivity index (χ3n) is 5.24. The van der Waals surface area contributed by atoms with Gasteiger partial charge >= 0.3 is 0 Å². The molecule has 0 aliphatic heterocycles. The van der Waals surface area contributed by atoms with E-state index in [0.29, 0.717) is 23.6 Å². The summed E-state index contributed by atoms with van der Waals surface area (Å²) in [5.41, 5.74) is 1.80. The molecule has 0 saturated heterocycles. The van der Waals surface area contributed by atoms with Crippen LogP contribution >= 0.6 is 15.9 Å². The Bertz CT molecular complexity index is 472. The van der Waals surface area contributed by atoms with Crippen molar-refractivity contribution >= 4 is 15.9 Å². The molecule has 0 bridgehead atoms. The molecule has 2 unspecified atom stereocenters. The highest BCUT2D eigenvalue weighted by Crippen LogP contribution is 2.57. The van der Waals surface area contributed by atoms with Gasteiger partial charge in [0.05, 0.1) is 6.10 Å². The average molecular weight is 338 g/mol. The molecule has 0 radical (unpaired) electrons. The van der Waals surface area contributed by atoms with E-state index in [1.165, 1.54) is 31.2 Å². The van der Waals surface area contributed by atoms with Gasteiger partial charge in [0.2, 0.25) is 0 Å². The summed E-state index contributed by atoms with van der Waals surface area (Å²) in [6, 6.07) is 9.64. The van der Waals surface area contributed by atoms with Crippen LogP contribution in [0.25, 0.3) is 0 Å². The van der Waals surface area contributed by atoms with Crippen molar-refractivity contribution in [2.75, 3.05) is 6.61 Å². The number of hydrogen-bond acceptors (Lipinski definition) is 2. The lowest BCUT2D eigenvalue weighted by Gasteiger charge is -2.61. The van der Waals surface area contributed by atoms with E-state index >= 15 is 0 Å². The lowest BCUT2D eigenvalue weighted by atomic mass is 9.51. The van der Waals surface area contributed by atoms with Gasteiger partial charge < -0.3 is 10.1 Å². The van der Waals surface area contributed by atoms with Gasteiger partial charge in [-0.25, -0.2) is 0 Å². The molecule has 110 valence electrons. The first-order valence-corrected chi connectivity index (χ1v) is 8.58. The normalized spacial score (nSPS) is 28.8. The van der Waals surface area contributed by atoms with Crippen LogP contribution in [0.15, 0.2) is 28.7 Å². The minimum absolute atomic E-state index is 0.401. The zero-order chi connectivity index (χ0) is 14.2. The second-order valence-electron chi connectivity index (χ2n) is 6.26. The van der Waals surface area contributed by atoms with E-state index in [0.717, 1.165) is 11.1 Å². The first-order chi connectivity index (χ1) is 9.65. The van der Waals surface area contributed by atoms with Crippen LogP contribution in [0.1, 0.15) is 51.1 Å². The summed E-state index contributed by atoms with van der Waals surface area (Å²) in [4.78, 5) is 0. The molecule has 0 aromatic heterocycles. The summed E-state index contributed by atoms with van der Waals surface area (Å²) in [5, 5.41) is 3.84. The first-order valence-electron chi connectivity index (χ1n) is 7.79. The van der Waals surface area contributed by atoms with Crippen molar-refractivity contribution in [1.29, 1.82) is 0 Å². The zero-order valence-corrected chi connectivity index (χ0v) is 13.9. The smallest absolute Gasteiger partial charge is 0.0661 e. The molecule has 2 aliphatic carbocycles. The summed E-state index contributed by atoms with van der Waals surface area (Å²) in [7, 11) is 0. The van der Waals surface area contributed by atoms with Crippen LogP contribution in [0.5, 0.6) is 0 Å². The lowest BCUT2D eigenvalue weighted by molar-refractivity contribution is -0.174. The molecule has 2 aliphatic rings. The van der Waals surface area contributed by atoms with Gasteiger partial charge in [-0.3, -0.25) is 0 Å². The number of benzene rings is 1. The number of hydrogen-bond donors (Lipinski definition) is 1. The summed E-state index contributed by atoms with van der Waals surface area (Å²) in [5.74, 6) is 0. The first kappa shape index (κ1) is 14.6. The molecule has 1 aromatic rings. The maximum atomic E-state index is 5.92. The number of nitrogens with one attached hydrogen (secondary N) is 1. The van der Waals surface area contributed by atoms with Gasteiger partial charge in [-0.2, -0.15) is 0 Å². The van der Waals surface area contributed by atoms with E-state index in [1.54, 1.807) is 0 Å². The highest BCUT2D eigenvalue weighted by Gasteiger charge is 2.58. The summed E-state index contributed by atoms with van der Waals surface area (Å²) in [6.07, 6.45) is 5.70. The van der Waals surface area contributed by atoms with Crippen LogP contribution < -0.4 is 5.32 Å². The highest BCUT2D eigenvalue weighted by atomic mass is 79.9. The number of ether oxygens (including phenoxy) is 1.